The van der Waals surface area contributed by atoms with Crippen LogP contribution in [0.4, 0.5) is 0 Å². The van der Waals surface area contributed by atoms with Crippen molar-refractivity contribution in [3.05, 3.63) is 36.5 Å². The van der Waals surface area contributed by atoms with Crippen molar-refractivity contribution in [3.8, 4) is 0 Å². The number of carbonyl (C=O) groups excluding carboxylic acids is 1. The van der Waals surface area contributed by atoms with E-state index in [4.69, 9.17) is 0 Å². The molecule has 0 heterocycles. The van der Waals surface area contributed by atoms with Gasteiger partial charge in [0.1, 0.15) is 12.2 Å². The number of hydrogen-bond donors (Lipinski definition) is 5. The molecule has 0 bridgehead atoms. The average Bonchev–Trinajstić information content (AvgIpc) is 3.01. The van der Waals surface area contributed by atoms with Crippen molar-refractivity contribution in [2.75, 3.05) is 6.61 Å². The Kier molecular flexibility index (Phi) is 30.8. The molecule has 6 nitrogen and oxygen atoms in total. The summed E-state index contributed by atoms with van der Waals surface area (Å²) < 4.78 is 0. The zero-order chi connectivity index (χ0) is 31.8. The van der Waals surface area contributed by atoms with E-state index in [1.807, 2.05) is 0 Å². The van der Waals surface area contributed by atoms with Gasteiger partial charge in [-0.15, -0.1) is 0 Å². The van der Waals surface area contributed by atoms with Gasteiger partial charge in [0, 0.05) is 0 Å². The molecule has 6 heteroatoms. The summed E-state index contributed by atoms with van der Waals surface area (Å²) in [5, 5.41) is 43.2. The van der Waals surface area contributed by atoms with Gasteiger partial charge in [-0.2, -0.15) is 0 Å². The summed E-state index contributed by atoms with van der Waals surface area (Å²) in [5.41, 5.74) is 0. The van der Waals surface area contributed by atoms with Crippen LogP contribution < -0.4 is 5.32 Å². The van der Waals surface area contributed by atoms with Crippen LogP contribution in [0.25, 0.3) is 0 Å². The average molecular weight is 608 g/mol. The summed E-state index contributed by atoms with van der Waals surface area (Å²) >= 11 is 0. The lowest BCUT2D eigenvalue weighted by Gasteiger charge is -2.27. The summed E-state index contributed by atoms with van der Waals surface area (Å²) in [5.74, 6) is -0.605. The van der Waals surface area contributed by atoms with Gasteiger partial charge in [-0.05, 0) is 64.2 Å². The molecule has 0 aromatic carbocycles. The molecule has 252 valence electrons. The third-order valence-electron chi connectivity index (χ3n) is 8.06. The van der Waals surface area contributed by atoms with Gasteiger partial charge in [0.2, 0.25) is 5.91 Å². The smallest absolute Gasteiger partial charge is 0.249 e. The molecule has 0 rings (SSSR count). The fourth-order valence-electron chi connectivity index (χ4n) is 5.14. The van der Waals surface area contributed by atoms with Gasteiger partial charge >= 0.3 is 0 Å². The fourth-order valence-corrected chi connectivity index (χ4v) is 5.14. The molecule has 0 aromatic heterocycles. The first-order valence-electron chi connectivity index (χ1n) is 17.9. The monoisotopic (exact) mass is 608 g/mol. The molecule has 0 aromatic rings. The summed E-state index contributed by atoms with van der Waals surface area (Å²) in [6.45, 7) is 3.96. The van der Waals surface area contributed by atoms with Crippen LogP contribution in [0.5, 0.6) is 0 Å². The molecular formula is C37H69NO5. The third kappa shape index (κ3) is 26.6. The van der Waals surface area contributed by atoms with E-state index >= 15 is 0 Å². The zero-order valence-electron chi connectivity index (χ0n) is 27.9. The minimum Gasteiger partial charge on any atom is -0.394 e. The Morgan fingerprint density at radius 1 is 0.558 bits per heavy atom. The Labute approximate surface area is 265 Å². The van der Waals surface area contributed by atoms with Crippen LogP contribution >= 0.6 is 0 Å². The lowest BCUT2D eigenvalue weighted by Crippen LogP contribution is -2.53. The van der Waals surface area contributed by atoms with E-state index in [-0.39, 0.29) is 0 Å². The number of hydrogen-bond acceptors (Lipinski definition) is 5. The fraction of sp³-hybridized carbons (Fsp3) is 0.811. The molecule has 4 unspecified atom stereocenters. The molecule has 1 amide bonds. The van der Waals surface area contributed by atoms with E-state index in [9.17, 15) is 25.2 Å². The number of unbranched alkanes of at least 4 members (excludes halogenated alkanes) is 16. The molecule has 43 heavy (non-hydrogen) atoms. The molecule has 0 aliphatic rings. The number of allylic oxidation sites excluding steroid dienone is 6. The van der Waals surface area contributed by atoms with Crippen LogP contribution in [-0.2, 0) is 4.79 Å². The van der Waals surface area contributed by atoms with E-state index in [2.05, 4.69) is 55.6 Å². The molecule has 0 aliphatic heterocycles. The zero-order valence-corrected chi connectivity index (χ0v) is 27.9. The molecule has 0 saturated carbocycles. The van der Waals surface area contributed by atoms with E-state index in [1.165, 1.54) is 77.0 Å². The lowest BCUT2D eigenvalue weighted by atomic mass is 10.00. The van der Waals surface area contributed by atoms with Crippen molar-refractivity contribution in [1.29, 1.82) is 0 Å². The van der Waals surface area contributed by atoms with E-state index < -0.39 is 36.9 Å². The Morgan fingerprint density at radius 2 is 0.977 bits per heavy atom. The highest BCUT2D eigenvalue weighted by Crippen LogP contribution is 2.13. The normalized spacial score (nSPS) is 15.0. The third-order valence-corrected chi connectivity index (χ3v) is 8.06. The molecule has 0 fully saturated rings. The predicted molar refractivity (Wildman–Crippen MR) is 182 cm³/mol. The molecule has 0 radical (unpaired) electrons. The maximum Gasteiger partial charge on any atom is 0.249 e. The van der Waals surface area contributed by atoms with Crippen LogP contribution in [0.2, 0.25) is 0 Å². The van der Waals surface area contributed by atoms with Crippen molar-refractivity contribution in [2.24, 2.45) is 0 Å². The molecule has 5 N–H and O–H groups in total. The number of carbonyl (C=O) groups is 1. The van der Waals surface area contributed by atoms with E-state index in [1.54, 1.807) is 0 Å². The Morgan fingerprint density at radius 3 is 1.47 bits per heavy atom. The van der Waals surface area contributed by atoms with Gasteiger partial charge in [0.05, 0.1) is 18.8 Å². The van der Waals surface area contributed by atoms with Gasteiger partial charge < -0.3 is 25.7 Å². The van der Waals surface area contributed by atoms with Gasteiger partial charge in [-0.25, -0.2) is 0 Å². The van der Waals surface area contributed by atoms with E-state index in [0.717, 1.165) is 51.4 Å². The van der Waals surface area contributed by atoms with Crippen LogP contribution in [0, 0.1) is 0 Å². The minimum absolute atomic E-state index is 0.358. The number of aliphatic hydroxyl groups excluding tert-OH is 4. The second kappa shape index (κ2) is 31.9. The SMILES string of the molecule is CCCCCCC/C=C/CC/C=C/CC/C=C/CCCC(O)C(O)C(CO)NC(=O)C(O)CCCCCCCCCCC. The topological polar surface area (TPSA) is 110 Å². The van der Waals surface area contributed by atoms with Gasteiger partial charge in [-0.1, -0.05) is 134 Å². The second-order valence-corrected chi connectivity index (χ2v) is 12.2. The van der Waals surface area contributed by atoms with Crippen molar-refractivity contribution in [1.82, 2.24) is 5.32 Å². The van der Waals surface area contributed by atoms with Crippen LogP contribution in [0.1, 0.15) is 162 Å². The Bertz CT molecular complexity index is 692. The largest absolute Gasteiger partial charge is 0.394 e. The molecular weight excluding hydrogens is 538 g/mol. The van der Waals surface area contributed by atoms with Gasteiger partial charge in [0.15, 0.2) is 0 Å². The first-order chi connectivity index (χ1) is 21.0. The summed E-state index contributed by atoms with van der Waals surface area (Å²) in [4.78, 5) is 12.4. The molecule has 0 saturated heterocycles. The van der Waals surface area contributed by atoms with Crippen molar-refractivity contribution < 1.29 is 25.2 Å². The number of aliphatic hydroxyl groups is 4. The molecule has 0 spiro atoms. The maximum atomic E-state index is 12.4. The van der Waals surface area contributed by atoms with Gasteiger partial charge in [0.25, 0.3) is 0 Å². The highest BCUT2D eigenvalue weighted by molar-refractivity contribution is 5.80. The Balaban J connectivity index is 3.93. The van der Waals surface area contributed by atoms with Gasteiger partial charge in [-0.3, -0.25) is 4.79 Å². The summed E-state index contributed by atoms with van der Waals surface area (Å²) in [7, 11) is 0. The van der Waals surface area contributed by atoms with Crippen molar-refractivity contribution in [2.45, 2.75) is 186 Å². The van der Waals surface area contributed by atoms with Crippen LogP contribution in [0.3, 0.4) is 0 Å². The van der Waals surface area contributed by atoms with Crippen molar-refractivity contribution in [3.63, 3.8) is 0 Å². The lowest BCUT2D eigenvalue weighted by molar-refractivity contribution is -0.132. The Hall–Kier alpha value is -1.47. The minimum atomic E-state index is -1.29. The first-order valence-corrected chi connectivity index (χ1v) is 17.9. The van der Waals surface area contributed by atoms with Crippen LogP contribution in [-0.4, -0.2) is 57.3 Å². The van der Waals surface area contributed by atoms with E-state index in [0.29, 0.717) is 19.3 Å². The first kappa shape index (κ1) is 41.5. The quantitative estimate of drug-likeness (QED) is 0.0403. The molecule has 4 atom stereocenters. The second-order valence-electron chi connectivity index (χ2n) is 12.2. The number of rotatable bonds is 31. The number of nitrogens with one attached hydrogen (secondary N) is 1. The molecule has 0 aliphatic carbocycles. The summed E-state index contributed by atoms with van der Waals surface area (Å²) in [6.07, 6.45) is 34.6. The van der Waals surface area contributed by atoms with Crippen LogP contribution in [0.15, 0.2) is 36.5 Å². The summed E-state index contributed by atoms with van der Waals surface area (Å²) in [6, 6.07) is -1.01. The number of amides is 1. The van der Waals surface area contributed by atoms with Crippen molar-refractivity contribution >= 4 is 5.91 Å². The standard InChI is InChI=1S/C37H69NO5/c1-3-5-7-9-11-13-14-15-16-17-18-19-20-21-23-24-26-28-30-34(40)36(42)33(32-39)38-37(43)35(41)31-29-27-25-22-12-10-8-6-4-2/h14-15,18-19,23-24,33-36,39-42H,3-13,16-17,20-22,25-32H2,1-2H3,(H,38,43)/b15-14+,19-18+,24-23+. The highest BCUT2D eigenvalue weighted by atomic mass is 16.3. The maximum absolute atomic E-state index is 12.4. The highest BCUT2D eigenvalue weighted by Gasteiger charge is 2.28. The predicted octanol–water partition coefficient (Wildman–Crippen LogP) is 8.23.